The molecule has 2 aromatic rings. The van der Waals surface area contributed by atoms with Gasteiger partial charge in [0.2, 0.25) is 5.91 Å². The Morgan fingerprint density at radius 3 is 2.71 bits per heavy atom. The number of nitrogens with one attached hydrogen (secondary N) is 1. The van der Waals surface area contributed by atoms with E-state index in [1.165, 1.54) is 11.1 Å². The third-order valence-electron chi connectivity index (χ3n) is 5.48. The van der Waals surface area contributed by atoms with Gasteiger partial charge in [0.1, 0.15) is 13.2 Å². The summed E-state index contributed by atoms with van der Waals surface area (Å²) < 4.78 is 11.0. The molecule has 28 heavy (non-hydrogen) atoms. The fraction of sp³-hybridized carbons (Fsp3) is 0.391. The molecule has 5 nitrogen and oxygen atoms in total. The van der Waals surface area contributed by atoms with Crippen LogP contribution in [0.5, 0.6) is 11.5 Å². The van der Waals surface area contributed by atoms with E-state index in [4.69, 9.17) is 9.47 Å². The van der Waals surface area contributed by atoms with Crippen LogP contribution in [-0.2, 0) is 11.2 Å². The molecule has 1 amide bonds. The van der Waals surface area contributed by atoms with Gasteiger partial charge in [-0.25, -0.2) is 0 Å². The monoisotopic (exact) mass is 379 g/mol. The van der Waals surface area contributed by atoms with Crippen molar-refractivity contribution in [2.75, 3.05) is 19.8 Å². The number of ether oxygens (including phenoxy) is 2. The van der Waals surface area contributed by atoms with Gasteiger partial charge >= 0.3 is 0 Å². The molecule has 4 rings (SSSR count). The van der Waals surface area contributed by atoms with E-state index in [2.05, 4.69) is 29.6 Å². The highest BCUT2D eigenvalue weighted by atomic mass is 16.6. The van der Waals surface area contributed by atoms with Crippen LogP contribution in [0.3, 0.4) is 0 Å². The van der Waals surface area contributed by atoms with E-state index in [1.807, 2.05) is 0 Å². The van der Waals surface area contributed by atoms with Crippen molar-refractivity contribution < 1.29 is 19.1 Å². The smallest absolute Gasteiger partial charge is 0.220 e. The Hall–Kier alpha value is -2.82. The highest BCUT2D eigenvalue weighted by Gasteiger charge is 2.20. The molecule has 2 aliphatic rings. The van der Waals surface area contributed by atoms with Crippen molar-refractivity contribution in [3.63, 3.8) is 0 Å². The Balaban J connectivity index is 1.27. The van der Waals surface area contributed by atoms with E-state index in [0.717, 1.165) is 19.3 Å². The number of aryl methyl sites for hydroxylation is 1. The molecule has 0 radical (unpaired) electrons. The van der Waals surface area contributed by atoms with Crippen LogP contribution in [0, 0.1) is 0 Å². The minimum Gasteiger partial charge on any atom is -0.486 e. The van der Waals surface area contributed by atoms with Crippen molar-refractivity contribution in [3.8, 4) is 11.5 Å². The van der Waals surface area contributed by atoms with Gasteiger partial charge in [0, 0.05) is 30.9 Å². The van der Waals surface area contributed by atoms with Crippen LogP contribution >= 0.6 is 0 Å². The highest BCUT2D eigenvalue weighted by Crippen LogP contribution is 2.32. The summed E-state index contributed by atoms with van der Waals surface area (Å²) in [6.45, 7) is 1.64. The summed E-state index contributed by atoms with van der Waals surface area (Å²) in [6.07, 6.45) is 3.74. The van der Waals surface area contributed by atoms with Gasteiger partial charge in [-0.3, -0.25) is 9.59 Å². The molecule has 1 heterocycles. The molecule has 1 atom stereocenters. The van der Waals surface area contributed by atoms with Crippen LogP contribution < -0.4 is 14.8 Å². The predicted octanol–water partition coefficient (Wildman–Crippen LogP) is 3.66. The Kier molecular flexibility index (Phi) is 5.60. The quantitative estimate of drug-likeness (QED) is 0.778. The second kappa shape index (κ2) is 8.46. The van der Waals surface area contributed by atoms with Gasteiger partial charge in [-0.15, -0.1) is 0 Å². The minimum absolute atomic E-state index is 0.0601. The fourth-order valence-electron chi connectivity index (χ4n) is 3.98. The number of ketones is 1. The van der Waals surface area contributed by atoms with Gasteiger partial charge in [0.15, 0.2) is 17.3 Å². The van der Waals surface area contributed by atoms with E-state index in [0.29, 0.717) is 42.7 Å². The Morgan fingerprint density at radius 1 is 1.00 bits per heavy atom. The lowest BCUT2D eigenvalue weighted by molar-refractivity contribution is -0.121. The highest BCUT2D eigenvalue weighted by molar-refractivity contribution is 5.98. The number of carbonyl (C=O) groups is 2. The summed E-state index contributed by atoms with van der Waals surface area (Å²) in [4.78, 5) is 24.7. The molecule has 2 aromatic carbocycles. The Morgan fingerprint density at radius 2 is 1.82 bits per heavy atom. The number of benzene rings is 2. The summed E-state index contributed by atoms with van der Waals surface area (Å²) in [7, 11) is 0. The normalized spacial score (nSPS) is 17.5. The molecule has 1 aliphatic carbocycles. The summed E-state index contributed by atoms with van der Waals surface area (Å²) >= 11 is 0. The SMILES string of the molecule is O=C(CCC(=O)c1ccc2c(c1)OCCO2)NCC1CCCc2ccccc21. The van der Waals surface area contributed by atoms with Crippen molar-refractivity contribution >= 4 is 11.7 Å². The maximum Gasteiger partial charge on any atom is 0.220 e. The van der Waals surface area contributed by atoms with E-state index < -0.39 is 0 Å². The van der Waals surface area contributed by atoms with Gasteiger partial charge in [-0.2, -0.15) is 0 Å². The van der Waals surface area contributed by atoms with E-state index in [1.54, 1.807) is 18.2 Å². The zero-order chi connectivity index (χ0) is 19.3. The van der Waals surface area contributed by atoms with Crippen molar-refractivity contribution in [1.82, 2.24) is 5.32 Å². The zero-order valence-electron chi connectivity index (χ0n) is 15.9. The molecule has 0 fully saturated rings. The number of carbonyl (C=O) groups excluding carboxylic acids is 2. The predicted molar refractivity (Wildman–Crippen MR) is 106 cm³/mol. The van der Waals surface area contributed by atoms with Crippen LogP contribution in [0.1, 0.15) is 53.1 Å². The van der Waals surface area contributed by atoms with Gasteiger partial charge in [-0.05, 0) is 48.6 Å². The summed E-state index contributed by atoms with van der Waals surface area (Å²) in [5.74, 6) is 1.48. The molecule has 1 aliphatic heterocycles. The van der Waals surface area contributed by atoms with Crippen LogP contribution in [0.2, 0.25) is 0 Å². The molecule has 0 aromatic heterocycles. The number of amides is 1. The summed E-state index contributed by atoms with van der Waals surface area (Å²) in [5.41, 5.74) is 3.29. The maximum absolute atomic E-state index is 12.4. The molecule has 0 saturated heterocycles. The molecule has 0 saturated carbocycles. The standard InChI is InChI=1S/C23H25NO4/c25-20(17-8-10-21-22(14-17)28-13-12-27-21)9-11-23(26)24-15-18-6-3-5-16-4-1-2-7-19(16)18/h1-2,4,7-8,10,14,18H,3,5-6,9,11-13,15H2,(H,24,26). The first kappa shape index (κ1) is 18.5. The lowest BCUT2D eigenvalue weighted by Gasteiger charge is -2.25. The lowest BCUT2D eigenvalue weighted by atomic mass is 9.83. The maximum atomic E-state index is 12.4. The number of fused-ring (bicyclic) bond motifs is 2. The second-order valence-corrected chi connectivity index (χ2v) is 7.37. The average Bonchev–Trinajstić information content (AvgIpc) is 2.75. The molecule has 1 N–H and O–H groups in total. The number of rotatable bonds is 6. The molecule has 146 valence electrons. The van der Waals surface area contributed by atoms with E-state index in [-0.39, 0.29) is 24.5 Å². The summed E-state index contributed by atoms with van der Waals surface area (Å²) in [6, 6.07) is 13.7. The largest absolute Gasteiger partial charge is 0.486 e. The number of hydrogen-bond donors (Lipinski definition) is 1. The molecule has 1 unspecified atom stereocenters. The van der Waals surface area contributed by atoms with Gasteiger partial charge in [0.05, 0.1) is 0 Å². The minimum atomic E-state index is -0.0750. The van der Waals surface area contributed by atoms with Crippen molar-refractivity contribution in [2.45, 2.75) is 38.0 Å². The van der Waals surface area contributed by atoms with E-state index in [9.17, 15) is 9.59 Å². The molecule has 0 bridgehead atoms. The van der Waals surface area contributed by atoms with Crippen LogP contribution in [0.4, 0.5) is 0 Å². The lowest BCUT2D eigenvalue weighted by Crippen LogP contribution is -2.30. The van der Waals surface area contributed by atoms with Crippen molar-refractivity contribution in [2.24, 2.45) is 0 Å². The van der Waals surface area contributed by atoms with Crippen LogP contribution in [0.15, 0.2) is 42.5 Å². The molecular weight excluding hydrogens is 354 g/mol. The van der Waals surface area contributed by atoms with E-state index >= 15 is 0 Å². The Labute approximate surface area is 165 Å². The molecule has 5 heteroatoms. The first-order valence-corrected chi connectivity index (χ1v) is 9.98. The fourth-order valence-corrected chi connectivity index (χ4v) is 3.98. The van der Waals surface area contributed by atoms with Crippen molar-refractivity contribution in [3.05, 3.63) is 59.2 Å². The Bertz CT molecular complexity index is 877. The average molecular weight is 379 g/mol. The van der Waals surface area contributed by atoms with Crippen LogP contribution in [0.25, 0.3) is 0 Å². The molecular formula is C23H25NO4. The van der Waals surface area contributed by atoms with Gasteiger partial charge < -0.3 is 14.8 Å². The van der Waals surface area contributed by atoms with Crippen molar-refractivity contribution in [1.29, 1.82) is 0 Å². The van der Waals surface area contributed by atoms with Gasteiger partial charge in [0.25, 0.3) is 0 Å². The summed E-state index contributed by atoms with van der Waals surface area (Å²) in [5, 5.41) is 3.01. The third kappa shape index (κ3) is 4.19. The third-order valence-corrected chi connectivity index (χ3v) is 5.48. The topological polar surface area (TPSA) is 64.6 Å². The first-order chi connectivity index (χ1) is 13.7. The molecule has 0 spiro atoms. The number of Topliss-reactive ketones (excluding diaryl/α,β-unsaturated/α-hetero) is 1. The first-order valence-electron chi connectivity index (χ1n) is 9.98. The van der Waals surface area contributed by atoms with Gasteiger partial charge in [-0.1, -0.05) is 24.3 Å². The number of hydrogen-bond acceptors (Lipinski definition) is 4. The second-order valence-electron chi connectivity index (χ2n) is 7.37. The van der Waals surface area contributed by atoms with Crippen LogP contribution in [-0.4, -0.2) is 31.4 Å². The zero-order valence-corrected chi connectivity index (χ0v) is 15.9.